The Kier molecular flexibility index (Phi) is 8.95. The highest BCUT2D eigenvalue weighted by Crippen LogP contribution is 2.11. The van der Waals surface area contributed by atoms with Gasteiger partial charge in [-0.15, -0.1) is 0 Å². The van der Waals surface area contributed by atoms with Crippen molar-refractivity contribution in [2.24, 2.45) is 11.8 Å². The number of urea groups is 1. The van der Waals surface area contributed by atoms with Gasteiger partial charge in [-0.2, -0.15) is 0 Å². The summed E-state index contributed by atoms with van der Waals surface area (Å²) in [4.78, 5) is 24.4. The zero-order chi connectivity index (χ0) is 14.8. The minimum Gasteiger partial charge on any atom is -0.481 e. The van der Waals surface area contributed by atoms with Gasteiger partial charge in [0.15, 0.2) is 0 Å². The Morgan fingerprint density at radius 3 is 2.32 bits per heavy atom. The van der Waals surface area contributed by atoms with Gasteiger partial charge in [0, 0.05) is 19.6 Å². The molecular formula is C13H26N2O4. The molecule has 1 atom stereocenters. The van der Waals surface area contributed by atoms with E-state index in [9.17, 15) is 9.59 Å². The summed E-state index contributed by atoms with van der Waals surface area (Å²) in [5.74, 6) is -1.19. The summed E-state index contributed by atoms with van der Waals surface area (Å²) in [7, 11) is 0. The van der Waals surface area contributed by atoms with Crippen LogP contribution >= 0.6 is 0 Å². The Labute approximate surface area is 114 Å². The first-order chi connectivity index (χ1) is 8.92. The van der Waals surface area contributed by atoms with Gasteiger partial charge in [0.1, 0.15) is 0 Å². The van der Waals surface area contributed by atoms with Crippen molar-refractivity contribution >= 4 is 12.0 Å². The number of nitrogens with one attached hydrogen (secondary N) is 1. The molecule has 0 heterocycles. The molecule has 0 bridgehead atoms. The topological polar surface area (TPSA) is 89.9 Å². The van der Waals surface area contributed by atoms with Gasteiger partial charge in [0.05, 0.1) is 12.5 Å². The first-order valence-electron chi connectivity index (χ1n) is 6.78. The molecule has 3 N–H and O–H groups in total. The number of carboxylic acid groups (broad SMARTS) is 1. The van der Waals surface area contributed by atoms with Crippen molar-refractivity contribution in [1.82, 2.24) is 10.2 Å². The monoisotopic (exact) mass is 274 g/mol. The van der Waals surface area contributed by atoms with Crippen LogP contribution in [-0.2, 0) is 4.79 Å². The predicted octanol–water partition coefficient (Wildman–Crippen LogP) is 1.15. The molecule has 1 unspecified atom stereocenters. The van der Waals surface area contributed by atoms with Gasteiger partial charge in [0.25, 0.3) is 0 Å². The van der Waals surface area contributed by atoms with Crippen molar-refractivity contribution in [3.8, 4) is 0 Å². The maximum atomic E-state index is 11.8. The van der Waals surface area contributed by atoms with Gasteiger partial charge in [0.2, 0.25) is 0 Å². The van der Waals surface area contributed by atoms with E-state index in [1.165, 1.54) is 4.90 Å². The highest BCUT2D eigenvalue weighted by Gasteiger charge is 2.21. The van der Waals surface area contributed by atoms with E-state index in [1.807, 2.05) is 20.8 Å². The van der Waals surface area contributed by atoms with E-state index in [-0.39, 0.29) is 31.6 Å². The number of amides is 2. The van der Waals surface area contributed by atoms with Crippen LogP contribution in [0, 0.1) is 11.8 Å². The van der Waals surface area contributed by atoms with E-state index in [4.69, 9.17) is 10.2 Å². The molecule has 0 saturated carbocycles. The van der Waals surface area contributed by atoms with Crippen molar-refractivity contribution in [2.75, 3.05) is 26.2 Å². The summed E-state index contributed by atoms with van der Waals surface area (Å²) < 4.78 is 0. The predicted molar refractivity (Wildman–Crippen MR) is 72.9 cm³/mol. The van der Waals surface area contributed by atoms with E-state index < -0.39 is 11.9 Å². The van der Waals surface area contributed by atoms with Crippen LogP contribution in [0.15, 0.2) is 0 Å². The molecule has 19 heavy (non-hydrogen) atoms. The number of carbonyl (C=O) groups excluding carboxylic acids is 1. The average molecular weight is 274 g/mol. The number of carbonyl (C=O) groups is 2. The van der Waals surface area contributed by atoms with E-state index >= 15 is 0 Å². The molecule has 2 amide bonds. The molecule has 0 rings (SSSR count). The van der Waals surface area contributed by atoms with Gasteiger partial charge < -0.3 is 20.4 Å². The fourth-order valence-corrected chi connectivity index (χ4v) is 1.87. The van der Waals surface area contributed by atoms with E-state index in [2.05, 4.69) is 5.32 Å². The third kappa shape index (κ3) is 7.66. The Morgan fingerprint density at radius 1 is 1.26 bits per heavy atom. The standard InChI is InChI=1S/C13H26N2O4/c1-4-5-15(6-7-16)13(19)14-9-11(12(17)18)8-10(2)3/h10-11,16H,4-9H2,1-3H3,(H,14,19)(H,17,18). The summed E-state index contributed by atoms with van der Waals surface area (Å²) >= 11 is 0. The SMILES string of the molecule is CCCN(CCO)C(=O)NCC(CC(C)C)C(=O)O. The first-order valence-corrected chi connectivity index (χ1v) is 6.78. The van der Waals surface area contributed by atoms with Crippen LogP contribution in [0.1, 0.15) is 33.6 Å². The second-order valence-electron chi connectivity index (χ2n) is 5.06. The maximum absolute atomic E-state index is 11.8. The highest BCUT2D eigenvalue weighted by molar-refractivity contribution is 5.76. The lowest BCUT2D eigenvalue weighted by atomic mass is 9.97. The van der Waals surface area contributed by atoms with E-state index in [0.717, 1.165) is 6.42 Å². The molecule has 0 aromatic heterocycles. The first kappa shape index (κ1) is 17.7. The van der Waals surface area contributed by atoms with Crippen LogP contribution in [0.5, 0.6) is 0 Å². The van der Waals surface area contributed by atoms with Crippen LogP contribution in [0.25, 0.3) is 0 Å². The quantitative estimate of drug-likeness (QED) is 0.588. The molecule has 0 aliphatic carbocycles. The van der Waals surface area contributed by atoms with Gasteiger partial charge in [-0.25, -0.2) is 4.79 Å². The normalized spacial score (nSPS) is 12.3. The fraction of sp³-hybridized carbons (Fsp3) is 0.846. The second-order valence-corrected chi connectivity index (χ2v) is 5.06. The lowest BCUT2D eigenvalue weighted by Gasteiger charge is -2.23. The Bertz CT molecular complexity index is 276. The highest BCUT2D eigenvalue weighted by atomic mass is 16.4. The fourth-order valence-electron chi connectivity index (χ4n) is 1.87. The molecular weight excluding hydrogens is 248 g/mol. The maximum Gasteiger partial charge on any atom is 0.317 e. The minimum absolute atomic E-state index is 0.0955. The van der Waals surface area contributed by atoms with Crippen LogP contribution < -0.4 is 5.32 Å². The zero-order valence-electron chi connectivity index (χ0n) is 12.1. The number of aliphatic hydroxyl groups is 1. The van der Waals surface area contributed by atoms with Crippen LogP contribution in [0.2, 0.25) is 0 Å². The minimum atomic E-state index is -0.891. The lowest BCUT2D eigenvalue weighted by molar-refractivity contribution is -0.142. The summed E-state index contributed by atoms with van der Waals surface area (Å²) in [6, 6.07) is -0.314. The third-order valence-electron chi connectivity index (χ3n) is 2.76. The van der Waals surface area contributed by atoms with E-state index in [0.29, 0.717) is 13.0 Å². The van der Waals surface area contributed by atoms with Crippen molar-refractivity contribution < 1.29 is 19.8 Å². The Balaban J connectivity index is 4.32. The number of hydrogen-bond donors (Lipinski definition) is 3. The van der Waals surface area contributed by atoms with E-state index in [1.54, 1.807) is 0 Å². The lowest BCUT2D eigenvalue weighted by Crippen LogP contribution is -2.44. The van der Waals surface area contributed by atoms with Gasteiger partial charge in [-0.1, -0.05) is 20.8 Å². The average Bonchev–Trinajstić information content (AvgIpc) is 2.33. The molecule has 0 aromatic carbocycles. The number of nitrogens with zero attached hydrogens (tertiary/aromatic N) is 1. The van der Waals surface area contributed by atoms with Crippen LogP contribution in [-0.4, -0.2) is 53.4 Å². The van der Waals surface area contributed by atoms with Crippen molar-refractivity contribution in [3.63, 3.8) is 0 Å². The van der Waals surface area contributed by atoms with Crippen molar-refractivity contribution in [1.29, 1.82) is 0 Å². The Morgan fingerprint density at radius 2 is 1.89 bits per heavy atom. The number of rotatable bonds is 9. The molecule has 0 spiro atoms. The smallest absolute Gasteiger partial charge is 0.317 e. The molecule has 0 radical (unpaired) electrons. The zero-order valence-corrected chi connectivity index (χ0v) is 12.1. The number of hydrogen-bond acceptors (Lipinski definition) is 3. The summed E-state index contributed by atoms with van der Waals surface area (Å²) in [5.41, 5.74) is 0. The largest absolute Gasteiger partial charge is 0.481 e. The van der Waals surface area contributed by atoms with Crippen LogP contribution in [0.3, 0.4) is 0 Å². The molecule has 112 valence electrons. The summed E-state index contributed by atoms with van der Waals surface area (Å²) in [5, 5.41) is 20.6. The summed E-state index contributed by atoms with van der Waals surface area (Å²) in [6.45, 7) is 6.69. The third-order valence-corrected chi connectivity index (χ3v) is 2.76. The van der Waals surface area contributed by atoms with Crippen molar-refractivity contribution in [2.45, 2.75) is 33.6 Å². The molecule has 6 heteroatoms. The van der Waals surface area contributed by atoms with Crippen molar-refractivity contribution in [3.05, 3.63) is 0 Å². The van der Waals surface area contributed by atoms with Gasteiger partial charge >= 0.3 is 12.0 Å². The second kappa shape index (κ2) is 9.61. The molecule has 0 aromatic rings. The molecule has 0 aliphatic rings. The van der Waals surface area contributed by atoms with Gasteiger partial charge in [-0.3, -0.25) is 4.79 Å². The van der Waals surface area contributed by atoms with Crippen LogP contribution in [0.4, 0.5) is 4.79 Å². The molecule has 0 saturated heterocycles. The molecule has 0 aliphatic heterocycles. The van der Waals surface area contributed by atoms with Gasteiger partial charge in [-0.05, 0) is 18.8 Å². The summed E-state index contributed by atoms with van der Waals surface area (Å²) in [6.07, 6.45) is 1.32. The number of aliphatic hydroxyl groups excluding tert-OH is 1. The molecule has 0 fully saturated rings. The number of aliphatic carboxylic acids is 1. The Hall–Kier alpha value is -1.30. The molecule has 6 nitrogen and oxygen atoms in total. The number of carboxylic acids is 1.